The topological polar surface area (TPSA) is 38.9 Å². The molecule has 2 N–H and O–H groups in total. The van der Waals surface area contributed by atoms with Gasteiger partial charge in [-0.3, -0.25) is 0 Å². The molecular weight excluding hydrogens is 184 g/mol. The number of anilines is 1. The largest absolute Gasteiger partial charge is 0.384 e. The van der Waals surface area contributed by atoms with E-state index in [1.54, 1.807) is 0 Å². The second kappa shape index (κ2) is 4.96. The number of aryl methyl sites for hydroxylation is 1. The molecule has 0 bridgehead atoms. The molecule has 0 aliphatic carbocycles. The fourth-order valence-corrected chi connectivity index (χ4v) is 1.74. The summed E-state index contributed by atoms with van der Waals surface area (Å²) < 4.78 is 0. The zero-order valence-electron chi connectivity index (χ0n) is 10.0. The van der Waals surface area contributed by atoms with Crippen molar-refractivity contribution in [2.75, 3.05) is 5.73 Å². The highest BCUT2D eigenvalue weighted by Crippen LogP contribution is 2.24. The lowest BCUT2D eigenvalue weighted by Crippen LogP contribution is -2.04. The zero-order chi connectivity index (χ0) is 11.4. The lowest BCUT2D eigenvalue weighted by atomic mass is 9.97. The van der Waals surface area contributed by atoms with Crippen molar-refractivity contribution in [3.63, 3.8) is 0 Å². The molecule has 0 atom stereocenters. The van der Waals surface area contributed by atoms with E-state index in [1.807, 2.05) is 13.0 Å². The van der Waals surface area contributed by atoms with Crippen LogP contribution in [0.3, 0.4) is 0 Å². The molecule has 15 heavy (non-hydrogen) atoms. The van der Waals surface area contributed by atoms with Crippen molar-refractivity contribution >= 4 is 11.9 Å². The van der Waals surface area contributed by atoms with E-state index >= 15 is 0 Å². The molecule has 0 aromatic carbocycles. The predicted octanol–water partition coefficient (Wildman–Crippen LogP) is 3.38. The molecule has 0 unspecified atom stereocenters. The van der Waals surface area contributed by atoms with Gasteiger partial charge in [0.25, 0.3) is 0 Å². The Hall–Kier alpha value is -1.31. The third kappa shape index (κ3) is 2.58. The maximum atomic E-state index is 5.80. The number of hydrogen-bond donors (Lipinski definition) is 1. The fourth-order valence-electron chi connectivity index (χ4n) is 1.74. The van der Waals surface area contributed by atoms with Crippen LogP contribution in [0.1, 0.15) is 50.4 Å². The lowest BCUT2D eigenvalue weighted by Gasteiger charge is -2.13. The predicted molar refractivity (Wildman–Crippen MR) is 66.8 cm³/mol. The van der Waals surface area contributed by atoms with Crippen LogP contribution >= 0.6 is 0 Å². The molecular formula is C13H20N2. The molecule has 1 rings (SSSR count). The summed E-state index contributed by atoms with van der Waals surface area (Å²) in [6.07, 6.45) is 5.17. The second-order valence-electron chi connectivity index (χ2n) is 4.01. The number of nitrogens with two attached hydrogens (primary N) is 1. The van der Waals surface area contributed by atoms with Crippen molar-refractivity contribution in [2.45, 2.75) is 40.0 Å². The highest BCUT2D eigenvalue weighted by molar-refractivity contribution is 5.59. The van der Waals surface area contributed by atoms with Gasteiger partial charge in [-0.05, 0) is 36.5 Å². The summed E-state index contributed by atoms with van der Waals surface area (Å²) in [5.74, 6) is 1.04. The average Bonchev–Trinajstić information content (AvgIpc) is 2.19. The quantitative estimate of drug-likeness (QED) is 0.819. The minimum atomic E-state index is 0.407. The first-order valence-electron chi connectivity index (χ1n) is 5.52. The van der Waals surface area contributed by atoms with E-state index in [0.29, 0.717) is 11.7 Å². The van der Waals surface area contributed by atoms with Crippen LogP contribution in [0, 0.1) is 0 Å². The van der Waals surface area contributed by atoms with Crippen molar-refractivity contribution in [3.05, 3.63) is 29.0 Å². The van der Waals surface area contributed by atoms with E-state index in [-0.39, 0.29) is 0 Å². The Morgan fingerprint density at radius 1 is 1.47 bits per heavy atom. The van der Waals surface area contributed by atoms with Crippen LogP contribution in [0.4, 0.5) is 5.82 Å². The van der Waals surface area contributed by atoms with E-state index in [1.165, 1.54) is 11.1 Å². The van der Waals surface area contributed by atoms with Crippen molar-refractivity contribution in [3.8, 4) is 0 Å². The number of pyridine rings is 1. The summed E-state index contributed by atoms with van der Waals surface area (Å²) in [6.45, 7) is 8.47. The third-order valence-electron chi connectivity index (χ3n) is 2.45. The Morgan fingerprint density at radius 2 is 2.13 bits per heavy atom. The van der Waals surface area contributed by atoms with E-state index < -0.39 is 0 Å². The Bertz CT molecular complexity index is 365. The normalized spacial score (nSPS) is 11.5. The first-order chi connectivity index (χ1) is 7.10. The van der Waals surface area contributed by atoms with Gasteiger partial charge in [0.15, 0.2) is 0 Å². The molecule has 82 valence electrons. The van der Waals surface area contributed by atoms with E-state index in [9.17, 15) is 0 Å². The van der Waals surface area contributed by atoms with Crippen LogP contribution in [0.2, 0.25) is 0 Å². The first-order valence-corrected chi connectivity index (χ1v) is 5.52. The Labute approximate surface area is 92.2 Å². The molecule has 0 radical (unpaired) electrons. The fraction of sp³-hybridized carbons (Fsp3) is 0.462. The first kappa shape index (κ1) is 11.8. The number of nitrogens with zero attached hydrogens (tertiary/aromatic N) is 1. The standard InChI is InChI=1S/C13H20N2/c1-5-7-11-10(6-2)8-12(14)15-13(11)9(3)4/h5,7-9H,6H2,1-4H3,(H2,14,15)/b7-5-. The Kier molecular flexibility index (Phi) is 3.89. The maximum absolute atomic E-state index is 5.80. The van der Waals surface area contributed by atoms with Gasteiger partial charge < -0.3 is 5.73 Å². The summed E-state index contributed by atoms with van der Waals surface area (Å²) in [4.78, 5) is 4.43. The summed E-state index contributed by atoms with van der Waals surface area (Å²) in [6, 6.07) is 1.97. The summed E-state index contributed by atoms with van der Waals surface area (Å²) in [5, 5.41) is 0. The van der Waals surface area contributed by atoms with Gasteiger partial charge in [0.2, 0.25) is 0 Å². The molecule has 0 aliphatic heterocycles. The van der Waals surface area contributed by atoms with E-state index in [0.717, 1.165) is 12.1 Å². The number of allylic oxidation sites excluding steroid dienone is 1. The number of nitrogen functional groups attached to an aromatic ring is 1. The van der Waals surface area contributed by atoms with Gasteiger partial charge in [0.1, 0.15) is 5.82 Å². The van der Waals surface area contributed by atoms with Crippen molar-refractivity contribution in [1.29, 1.82) is 0 Å². The van der Waals surface area contributed by atoms with Gasteiger partial charge in [-0.15, -0.1) is 0 Å². The molecule has 0 saturated carbocycles. The SMILES string of the molecule is C/C=C\c1c(CC)cc(N)nc1C(C)C. The molecule has 2 heteroatoms. The molecule has 1 aromatic heterocycles. The molecule has 0 saturated heterocycles. The Balaban J connectivity index is 3.40. The van der Waals surface area contributed by atoms with E-state index in [2.05, 4.69) is 37.9 Å². The monoisotopic (exact) mass is 204 g/mol. The van der Waals surface area contributed by atoms with Crippen LogP contribution in [-0.4, -0.2) is 4.98 Å². The maximum Gasteiger partial charge on any atom is 0.123 e. The van der Waals surface area contributed by atoms with Crippen LogP contribution in [0.15, 0.2) is 12.1 Å². The Morgan fingerprint density at radius 3 is 2.60 bits per heavy atom. The molecule has 0 spiro atoms. The highest BCUT2D eigenvalue weighted by atomic mass is 14.8. The van der Waals surface area contributed by atoms with Crippen LogP contribution in [-0.2, 0) is 6.42 Å². The van der Waals surface area contributed by atoms with Crippen LogP contribution < -0.4 is 5.73 Å². The smallest absolute Gasteiger partial charge is 0.123 e. The summed E-state index contributed by atoms with van der Waals surface area (Å²) >= 11 is 0. The van der Waals surface area contributed by atoms with Crippen molar-refractivity contribution < 1.29 is 0 Å². The van der Waals surface area contributed by atoms with Crippen molar-refractivity contribution in [1.82, 2.24) is 4.98 Å². The molecule has 0 fully saturated rings. The number of aromatic nitrogens is 1. The molecule has 0 amide bonds. The second-order valence-corrected chi connectivity index (χ2v) is 4.01. The van der Waals surface area contributed by atoms with E-state index in [4.69, 9.17) is 5.73 Å². The van der Waals surface area contributed by atoms with Crippen LogP contribution in [0.25, 0.3) is 6.08 Å². The van der Waals surface area contributed by atoms with Gasteiger partial charge in [-0.2, -0.15) is 0 Å². The molecule has 1 heterocycles. The van der Waals surface area contributed by atoms with Crippen LogP contribution in [0.5, 0.6) is 0 Å². The van der Waals surface area contributed by atoms with Gasteiger partial charge in [0, 0.05) is 0 Å². The highest BCUT2D eigenvalue weighted by Gasteiger charge is 2.11. The minimum absolute atomic E-state index is 0.407. The summed E-state index contributed by atoms with van der Waals surface area (Å²) in [5.41, 5.74) is 9.43. The van der Waals surface area contributed by atoms with Crippen molar-refractivity contribution in [2.24, 2.45) is 0 Å². The molecule has 2 nitrogen and oxygen atoms in total. The van der Waals surface area contributed by atoms with Gasteiger partial charge >= 0.3 is 0 Å². The van der Waals surface area contributed by atoms with Gasteiger partial charge in [-0.1, -0.05) is 32.9 Å². The number of hydrogen-bond acceptors (Lipinski definition) is 2. The minimum Gasteiger partial charge on any atom is -0.384 e. The molecule has 1 aromatic rings. The average molecular weight is 204 g/mol. The lowest BCUT2D eigenvalue weighted by molar-refractivity contribution is 0.816. The molecule has 0 aliphatic rings. The van der Waals surface area contributed by atoms with Gasteiger partial charge in [-0.25, -0.2) is 4.98 Å². The third-order valence-corrected chi connectivity index (χ3v) is 2.45. The summed E-state index contributed by atoms with van der Waals surface area (Å²) in [7, 11) is 0. The van der Waals surface area contributed by atoms with Gasteiger partial charge in [0.05, 0.1) is 5.69 Å². The zero-order valence-corrected chi connectivity index (χ0v) is 10.0. The number of rotatable bonds is 3.